The Morgan fingerprint density at radius 1 is 1.30 bits per heavy atom. The second-order valence-electron chi connectivity index (χ2n) is 8.11. The molecule has 1 fully saturated rings. The Morgan fingerprint density at radius 3 is 2.78 bits per heavy atom. The third kappa shape index (κ3) is 5.02. The van der Waals surface area contributed by atoms with E-state index in [1.54, 1.807) is 4.90 Å². The van der Waals surface area contributed by atoms with Crippen molar-refractivity contribution in [2.75, 3.05) is 26.2 Å². The van der Waals surface area contributed by atoms with Crippen molar-refractivity contribution in [3.63, 3.8) is 0 Å². The molecule has 1 amide bonds. The van der Waals surface area contributed by atoms with Crippen molar-refractivity contribution >= 4 is 17.7 Å². The Balaban J connectivity index is 1.67. The fraction of sp³-hybridized carbons (Fsp3) is 0.737. The zero-order chi connectivity index (χ0) is 19.6. The predicted molar refractivity (Wildman–Crippen MR) is 103 cm³/mol. The number of likely N-dealkylation sites (N-methyl/N-ethyl adjacent to an activating group) is 1. The highest BCUT2D eigenvalue weighted by Crippen LogP contribution is 2.27. The molecule has 3 rings (SSSR count). The monoisotopic (exact) mass is 396 g/mol. The van der Waals surface area contributed by atoms with Gasteiger partial charge in [0.1, 0.15) is 17.4 Å². The summed E-state index contributed by atoms with van der Waals surface area (Å²) in [5.41, 5.74) is 1.10. The molecular weight excluding hydrogens is 368 g/mol. The summed E-state index contributed by atoms with van der Waals surface area (Å²) in [5.74, 6) is 0. The van der Waals surface area contributed by atoms with Crippen molar-refractivity contribution in [3.05, 3.63) is 16.4 Å². The average molecular weight is 397 g/mol. The standard InChI is InChI=1S/C19H29ClN4O3/c1-5-23-9-6-7-13(23)12-26-17-21-15-11-24(18(25)27-19(2,3)4)10-8-14(15)16(20)22-17/h13H,5-12H2,1-4H3/t13-/m0/s1. The molecule has 3 heterocycles. The Labute approximate surface area is 166 Å². The third-order valence-corrected chi connectivity index (χ3v) is 5.27. The molecule has 0 unspecified atom stereocenters. The SMILES string of the molecule is CCN1CCC[C@H]1COc1nc(Cl)c2c(n1)CN(C(=O)OC(C)(C)C)CC2. The highest BCUT2D eigenvalue weighted by Gasteiger charge is 2.29. The van der Waals surface area contributed by atoms with Gasteiger partial charge in [-0.25, -0.2) is 4.79 Å². The highest BCUT2D eigenvalue weighted by molar-refractivity contribution is 6.30. The summed E-state index contributed by atoms with van der Waals surface area (Å²) in [6.45, 7) is 11.3. The smallest absolute Gasteiger partial charge is 0.410 e. The van der Waals surface area contributed by atoms with Gasteiger partial charge in [-0.15, -0.1) is 0 Å². The molecule has 0 aliphatic carbocycles. The van der Waals surface area contributed by atoms with Crippen molar-refractivity contribution in [2.24, 2.45) is 0 Å². The van der Waals surface area contributed by atoms with Gasteiger partial charge in [-0.05, 0) is 53.1 Å². The van der Waals surface area contributed by atoms with Crippen LogP contribution >= 0.6 is 11.6 Å². The van der Waals surface area contributed by atoms with E-state index >= 15 is 0 Å². The summed E-state index contributed by atoms with van der Waals surface area (Å²) in [5, 5.41) is 0.414. The van der Waals surface area contributed by atoms with Gasteiger partial charge in [0.2, 0.25) is 0 Å². The van der Waals surface area contributed by atoms with Gasteiger partial charge in [0.15, 0.2) is 0 Å². The number of fused-ring (bicyclic) bond motifs is 1. The Hall–Kier alpha value is -1.60. The van der Waals surface area contributed by atoms with Crippen LogP contribution in [0.25, 0.3) is 0 Å². The quantitative estimate of drug-likeness (QED) is 0.727. The summed E-state index contributed by atoms with van der Waals surface area (Å²) in [6, 6.07) is 0.680. The second-order valence-corrected chi connectivity index (χ2v) is 8.47. The van der Waals surface area contributed by atoms with Gasteiger partial charge in [-0.2, -0.15) is 9.97 Å². The summed E-state index contributed by atoms with van der Waals surface area (Å²) >= 11 is 6.36. The highest BCUT2D eigenvalue weighted by atomic mass is 35.5. The summed E-state index contributed by atoms with van der Waals surface area (Å²) in [4.78, 5) is 25.2. The number of ether oxygens (including phenoxy) is 2. The van der Waals surface area contributed by atoms with Crippen LogP contribution in [0.2, 0.25) is 5.15 Å². The number of hydrogen-bond acceptors (Lipinski definition) is 6. The van der Waals surface area contributed by atoms with E-state index in [9.17, 15) is 4.79 Å². The number of likely N-dealkylation sites (tertiary alicyclic amines) is 1. The van der Waals surface area contributed by atoms with Crippen LogP contribution in [0, 0.1) is 0 Å². The van der Waals surface area contributed by atoms with Crippen molar-refractivity contribution in [1.29, 1.82) is 0 Å². The maximum Gasteiger partial charge on any atom is 0.410 e. The molecule has 1 atom stereocenters. The van der Waals surface area contributed by atoms with E-state index in [1.165, 1.54) is 6.42 Å². The molecule has 7 nitrogen and oxygen atoms in total. The van der Waals surface area contributed by atoms with Crippen LogP contribution < -0.4 is 4.74 Å². The largest absolute Gasteiger partial charge is 0.462 e. The molecule has 2 aliphatic heterocycles. The van der Waals surface area contributed by atoms with E-state index in [-0.39, 0.29) is 12.1 Å². The minimum atomic E-state index is -0.526. The van der Waals surface area contributed by atoms with Gasteiger partial charge >= 0.3 is 12.1 Å². The van der Waals surface area contributed by atoms with Crippen molar-refractivity contribution in [2.45, 2.75) is 65.1 Å². The van der Waals surface area contributed by atoms with Gasteiger partial charge < -0.3 is 14.4 Å². The molecule has 1 aromatic rings. The number of halogens is 1. The maximum absolute atomic E-state index is 12.4. The van der Waals surface area contributed by atoms with Gasteiger partial charge in [0.05, 0.1) is 12.2 Å². The number of hydrogen-bond donors (Lipinski definition) is 0. The van der Waals surface area contributed by atoms with Gasteiger partial charge in [-0.3, -0.25) is 4.90 Å². The Morgan fingerprint density at radius 2 is 2.07 bits per heavy atom. The number of rotatable bonds is 4. The molecule has 27 heavy (non-hydrogen) atoms. The maximum atomic E-state index is 12.4. The number of carbonyl (C=O) groups is 1. The van der Waals surface area contributed by atoms with E-state index in [4.69, 9.17) is 21.1 Å². The molecule has 0 bridgehead atoms. The number of amides is 1. The average Bonchev–Trinajstić information content (AvgIpc) is 3.05. The zero-order valence-corrected chi connectivity index (χ0v) is 17.4. The molecule has 1 aromatic heterocycles. The third-order valence-electron chi connectivity index (χ3n) is 4.96. The molecule has 0 N–H and O–H groups in total. The lowest BCUT2D eigenvalue weighted by molar-refractivity contribution is 0.0219. The number of aromatic nitrogens is 2. The molecule has 150 valence electrons. The van der Waals surface area contributed by atoms with Gasteiger partial charge in [0.25, 0.3) is 0 Å². The lowest BCUT2D eigenvalue weighted by atomic mass is 10.1. The first-order chi connectivity index (χ1) is 12.8. The first-order valence-electron chi connectivity index (χ1n) is 9.67. The molecule has 0 spiro atoms. The minimum absolute atomic E-state index is 0.285. The molecule has 8 heteroatoms. The van der Waals surface area contributed by atoms with Crippen LogP contribution in [0.3, 0.4) is 0 Å². The lowest BCUT2D eigenvalue weighted by Gasteiger charge is -2.31. The molecule has 0 aromatic carbocycles. The van der Waals surface area contributed by atoms with Gasteiger partial charge in [0, 0.05) is 18.2 Å². The Kier molecular flexibility index (Phi) is 6.11. The topological polar surface area (TPSA) is 67.8 Å². The van der Waals surface area contributed by atoms with E-state index in [2.05, 4.69) is 21.8 Å². The minimum Gasteiger partial charge on any atom is -0.462 e. The van der Waals surface area contributed by atoms with Crippen molar-refractivity contribution in [3.8, 4) is 6.01 Å². The molecule has 1 saturated heterocycles. The van der Waals surface area contributed by atoms with Crippen molar-refractivity contribution in [1.82, 2.24) is 19.8 Å². The molecule has 0 radical (unpaired) electrons. The summed E-state index contributed by atoms with van der Waals surface area (Å²) < 4.78 is 11.3. The van der Waals surface area contributed by atoms with Crippen LogP contribution in [0.5, 0.6) is 6.01 Å². The molecular formula is C19H29ClN4O3. The first-order valence-corrected chi connectivity index (χ1v) is 10.0. The summed E-state index contributed by atoms with van der Waals surface area (Å²) in [7, 11) is 0. The van der Waals surface area contributed by atoms with Crippen LogP contribution in [-0.4, -0.2) is 63.7 Å². The fourth-order valence-corrected chi connectivity index (χ4v) is 3.86. The van der Waals surface area contributed by atoms with E-state index in [0.717, 1.165) is 30.8 Å². The van der Waals surface area contributed by atoms with Crippen LogP contribution in [0.1, 0.15) is 51.8 Å². The van der Waals surface area contributed by atoms with Crippen LogP contribution in [0.15, 0.2) is 0 Å². The summed E-state index contributed by atoms with van der Waals surface area (Å²) in [6.07, 6.45) is 2.59. The number of nitrogens with zero attached hydrogens (tertiary/aromatic N) is 4. The van der Waals surface area contributed by atoms with Crippen LogP contribution in [0.4, 0.5) is 4.79 Å². The predicted octanol–water partition coefficient (Wildman–Crippen LogP) is 3.29. The van der Waals surface area contributed by atoms with E-state index < -0.39 is 5.60 Å². The molecule has 0 saturated carbocycles. The zero-order valence-electron chi connectivity index (χ0n) is 16.6. The van der Waals surface area contributed by atoms with Gasteiger partial charge in [-0.1, -0.05) is 18.5 Å². The second kappa shape index (κ2) is 8.19. The van der Waals surface area contributed by atoms with E-state index in [1.807, 2.05) is 20.8 Å². The van der Waals surface area contributed by atoms with Crippen LogP contribution in [-0.2, 0) is 17.7 Å². The normalized spacial score (nSPS) is 20.5. The lowest BCUT2D eigenvalue weighted by Crippen LogP contribution is -2.40. The first kappa shape index (κ1) is 20.1. The molecule has 2 aliphatic rings. The van der Waals surface area contributed by atoms with E-state index in [0.29, 0.717) is 37.3 Å². The number of carbonyl (C=O) groups excluding carboxylic acids is 1. The van der Waals surface area contributed by atoms with Crippen molar-refractivity contribution < 1.29 is 14.3 Å². The fourth-order valence-electron chi connectivity index (χ4n) is 3.58. The Bertz CT molecular complexity index is 692.